The van der Waals surface area contributed by atoms with Crippen molar-refractivity contribution in [1.29, 1.82) is 0 Å². The maximum Gasteiger partial charge on any atom is 0.322 e. The van der Waals surface area contributed by atoms with Gasteiger partial charge >= 0.3 is 5.97 Å². The van der Waals surface area contributed by atoms with Crippen LogP contribution in [-0.2, 0) is 9.53 Å². The number of halogens is 2. The van der Waals surface area contributed by atoms with Crippen molar-refractivity contribution in [2.75, 3.05) is 32.2 Å². The molecule has 0 rings (SSSR count). The standard InChI is InChI=1S/C9H20N2O2S2.2ClH/c1-14-11(15-2)8-9(12)13-7-5-3-4-6-10;;/h3-8,10H2,1-2H3;2*1H. The first-order chi connectivity index (χ1) is 7.24. The van der Waals surface area contributed by atoms with Crippen LogP contribution in [0.15, 0.2) is 0 Å². The molecule has 0 amide bonds. The topological polar surface area (TPSA) is 55.6 Å². The zero-order valence-electron chi connectivity index (χ0n) is 10.2. The van der Waals surface area contributed by atoms with Gasteiger partial charge in [0.25, 0.3) is 0 Å². The highest BCUT2D eigenvalue weighted by Crippen LogP contribution is 2.15. The lowest BCUT2D eigenvalue weighted by Gasteiger charge is -2.14. The average molecular weight is 325 g/mol. The second-order valence-electron chi connectivity index (χ2n) is 2.93. The van der Waals surface area contributed by atoms with E-state index in [9.17, 15) is 4.79 Å². The normalized spacial score (nSPS) is 9.41. The lowest BCUT2D eigenvalue weighted by molar-refractivity contribution is -0.143. The summed E-state index contributed by atoms with van der Waals surface area (Å²) in [6, 6.07) is 0. The molecule has 0 radical (unpaired) electrons. The molecule has 0 aromatic rings. The number of carbonyl (C=O) groups excluding carboxylic acids is 1. The molecular formula is C9H22Cl2N2O2S2. The SMILES string of the molecule is CSN(CC(=O)OCCCCCN)SC.Cl.Cl. The summed E-state index contributed by atoms with van der Waals surface area (Å²) < 4.78 is 6.95. The number of hydrogen-bond donors (Lipinski definition) is 1. The minimum Gasteiger partial charge on any atom is -0.465 e. The van der Waals surface area contributed by atoms with E-state index in [4.69, 9.17) is 10.5 Å². The molecule has 0 aliphatic heterocycles. The van der Waals surface area contributed by atoms with E-state index in [0.29, 0.717) is 19.7 Å². The van der Waals surface area contributed by atoms with Crippen LogP contribution in [0.3, 0.4) is 0 Å². The van der Waals surface area contributed by atoms with Crippen LogP contribution in [0.5, 0.6) is 0 Å². The summed E-state index contributed by atoms with van der Waals surface area (Å²) in [6.45, 7) is 1.55. The van der Waals surface area contributed by atoms with Crippen LogP contribution in [0.25, 0.3) is 0 Å². The number of nitrogens with two attached hydrogens (primary N) is 1. The molecule has 4 nitrogen and oxygen atoms in total. The highest BCUT2D eigenvalue weighted by molar-refractivity contribution is 8.11. The van der Waals surface area contributed by atoms with Crippen LogP contribution in [-0.4, -0.2) is 41.9 Å². The Morgan fingerprint density at radius 2 is 1.76 bits per heavy atom. The monoisotopic (exact) mass is 324 g/mol. The maximum atomic E-state index is 11.3. The van der Waals surface area contributed by atoms with E-state index >= 15 is 0 Å². The molecule has 106 valence electrons. The van der Waals surface area contributed by atoms with E-state index in [0.717, 1.165) is 19.3 Å². The molecule has 0 fully saturated rings. The van der Waals surface area contributed by atoms with Crippen LogP contribution in [0, 0.1) is 0 Å². The third-order valence-electron chi connectivity index (χ3n) is 1.78. The van der Waals surface area contributed by atoms with Gasteiger partial charge in [0.05, 0.1) is 6.61 Å². The van der Waals surface area contributed by atoms with Crippen molar-refractivity contribution in [3.8, 4) is 0 Å². The van der Waals surface area contributed by atoms with E-state index < -0.39 is 0 Å². The summed E-state index contributed by atoms with van der Waals surface area (Å²) in [6.07, 6.45) is 6.80. The van der Waals surface area contributed by atoms with Gasteiger partial charge < -0.3 is 10.5 Å². The van der Waals surface area contributed by atoms with Gasteiger partial charge in [-0.3, -0.25) is 4.79 Å². The summed E-state index contributed by atoms with van der Waals surface area (Å²) in [4.78, 5) is 11.3. The van der Waals surface area contributed by atoms with Crippen LogP contribution in [0.2, 0.25) is 0 Å². The number of carbonyl (C=O) groups is 1. The van der Waals surface area contributed by atoms with Crippen molar-refractivity contribution < 1.29 is 9.53 Å². The zero-order chi connectivity index (χ0) is 11.5. The quantitative estimate of drug-likeness (QED) is 0.399. The van der Waals surface area contributed by atoms with Gasteiger partial charge in [0.15, 0.2) is 0 Å². The van der Waals surface area contributed by atoms with Gasteiger partial charge in [-0.05, 0) is 38.3 Å². The summed E-state index contributed by atoms with van der Waals surface area (Å²) in [5.41, 5.74) is 5.35. The predicted molar refractivity (Wildman–Crippen MR) is 82.1 cm³/mol. The third-order valence-corrected chi connectivity index (χ3v) is 3.74. The third kappa shape index (κ3) is 14.6. The molecule has 0 spiro atoms. The average Bonchev–Trinajstić information content (AvgIpc) is 2.25. The fourth-order valence-electron chi connectivity index (χ4n) is 0.964. The first-order valence-electron chi connectivity index (χ1n) is 4.96. The molecule has 0 aliphatic carbocycles. The molecule has 0 saturated carbocycles. The number of hydrogen-bond acceptors (Lipinski definition) is 6. The fraction of sp³-hybridized carbons (Fsp3) is 0.889. The largest absolute Gasteiger partial charge is 0.465 e. The van der Waals surface area contributed by atoms with Crippen LogP contribution in [0.1, 0.15) is 19.3 Å². The highest BCUT2D eigenvalue weighted by atomic mass is 35.5. The number of esters is 1. The van der Waals surface area contributed by atoms with E-state index in [-0.39, 0.29) is 30.8 Å². The molecule has 0 atom stereocenters. The Morgan fingerprint density at radius 1 is 1.18 bits per heavy atom. The molecule has 8 heteroatoms. The maximum absolute atomic E-state index is 11.3. The Bertz CT molecular complexity index is 175. The lowest BCUT2D eigenvalue weighted by atomic mass is 10.2. The molecule has 0 bridgehead atoms. The molecule has 0 heterocycles. The molecular weight excluding hydrogens is 303 g/mol. The molecule has 2 N–H and O–H groups in total. The van der Waals surface area contributed by atoms with Crippen molar-refractivity contribution in [2.45, 2.75) is 19.3 Å². The first-order valence-corrected chi connectivity index (χ1v) is 7.32. The second-order valence-corrected chi connectivity index (χ2v) is 4.77. The Labute approximate surface area is 125 Å². The van der Waals surface area contributed by atoms with Crippen LogP contribution >= 0.6 is 48.7 Å². The first kappa shape index (κ1) is 22.8. The molecule has 0 aromatic heterocycles. The summed E-state index contributed by atoms with van der Waals surface area (Å²) >= 11 is 3.05. The van der Waals surface area contributed by atoms with Crippen LogP contribution < -0.4 is 5.73 Å². The lowest BCUT2D eigenvalue weighted by Crippen LogP contribution is -2.20. The molecule has 0 unspecified atom stereocenters. The molecule has 0 aliphatic rings. The van der Waals surface area contributed by atoms with Gasteiger partial charge in [-0.25, -0.2) is 0 Å². The van der Waals surface area contributed by atoms with Gasteiger partial charge in [0.1, 0.15) is 6.54 Å². The Hall–Kier alpha value is 0.670. The minimum atomic E-state index is -0.161. The van der Waals surface area contributed by atoms with Gasteiger partial charge in [-0.1, -0.05) is 23.9 Å². The van der Waals surface area contributed by atoms with E-state index in [1.165, 1.54) is 23.9 Å². The van der Waals surface area contributed by atoms with Crippen molar-refractivity contribution >= 4 is 54.7 Å². The number of rotatable bonds is 9. The van der Waals surface area contributed by atoms with Crippen molar-refractivity contribution in [3.05, 3.63) is 0 Å². The smallest absolute Gasteiger partial charge is 0.322 e. The summed E-state index contributed by atoms with van der Waals surface area (Å²) in [5, 5.41) is 0. The van der Waals surface area contributed by atoms with Gasteiger partial charge in [-0.15, -0.1) is 24.8 Å². The van der Waals surface area contributed by atoms with Crippen molar-refractivity contribution in [2.24, 2.45) is 5.73 Å². The zero-order valence-corrected chi connectivity index (χ0v) is 13.5. The number of unbranched alkanes of at least 4 members (excludes halogenated alkanes) is 2. The van der Waals surface area contributed by atoms with Gasteiger partial charge in [-0.2, -0.15) is 3.71 Å². The summed E-state index contributed by atoms with van der Waals surface area (Å²) in [5.74, 6) is -0.161. The van der Waals surface area contributed by atoms with Crippen molar-refractivity contribution in [3.63, 3.8) is 0 Å². The number of ether oxygens (including phenoxy) is 1. The predicted octanol–water partition coefficient (Wildman–Crippen LogP) is 2.36. The Kier molecular flexibility index (Phi) is 22.4. The molecule has 0 saturated heterocycles. The number of nitrogens with zero attached hydrogens (tertiary/aromatic N) is 1. The van der Waals surface area contributed by atoms with E-state index in [2.05, 4.69) is 0 Å². The highest BCUT2D eigenvalue weighted by Gasteiger charge is 2.09. The molecule has 0 aromatic carbocycles. The fourth-order valence-corrected chi connectivity index (χ4v) is 2.03. The summed E-state index contributed by atoms with van der Waals surface area (Å²) in [7, 11) is 0. The van der Waals surface area contributed by atoms with E-state index in [1.54, 1.807) is 0 Å². The van der Waals surface area contributed by atoms with Gasteiger partial charge in [0.2, 0.25) is 0 Å². The second kappa shape index (κ2) is 16.7. The van der Waals surface area contributed by atoms with Crippen LogP contribution in [0.4, 0.5) is 0 Å². The Balaban J connectivity index is -0.000000980. The molecule has 17 heavy (non-hydrogen) atoms. The van der Waals surface area contributed by atoms with E-state index in [1.807, 2.05) is 16.2 Å². The van der Waals surface area contributed by atoms with Crippen molar-refractivity contribution in [1.82, 2.24) is 3.71 Å². The Morgan fingerprint density at radius 3 is 2.24 bits per heavy atom. The minimum absolute atomic E-state index is 0. The van der Waals surface area contributed by atoms with Gasteiger partial charge in [0, 0.05) is 0 Å².